The van der Waals surface area contributed by atoms with E-state index >= 15 is 0 Å². The quantitative estimate of drug-likeness (QED) is 0.714. The summed E-state index contributed by atoms with van der Waals surface area (Å²) in [6.45, 7) is 1.86. The Morgan fingerprint density at radius 2 is 1.90 bits per heavy atom. The molecule has 1 N–H and O–H groups in total. The zero-order valence-corrected chi connectivity index (χ0v) is 16.9. The predicted molar refractivity (Wildman–Crippen MR) is 110 cm³/mol. The normalized spacial score (nSPS) is 20.8. The highest BCUT2D eigenvalue weighted by Crippen LogP contribution is 2.32. The molecule has 8 heteroatoms. The molecule has 1 aromatic carbocycles. The topological polar surface area (TPSA) is 93.9 Å². The highest BCUT2D eigenvalue weighted by Gasteiger charge is 2.33. The molecule has 3 heterocycles. The van der Waals surface area contributed by atoms with Gasteiger partial charge in [0.05, 0.1) is 28.8 Å². The van der Waals surface area contributed by atoms with Gasteiger partial charge in [-0.1, -0.05) is 30.3 Å². The highest BCUT2D eigenvalue weighted by atomic mass is 32.2. The van der Waals surface area contributed by atoms with Gasteiger partial charge in [-0.3, -0.25) is 4.79 Å². The minimum absolute atomic E-state index is 0.103. The van der Waals surface area contributed by atoms with Crippen LogP contribution in [0.5, 0.6) is 0 Å². The van der Waals surface area contributed by atoms with Crippen LogP contribution >= 0.6 is 0 Å². The van der Waals surface area contributed by atoms with Crippen molar-refractivity contribution >= 4 is 26.8 Å². The van der Waals surface area contributed by atoms with Gasteiger partial charge in [0, 0.05) is 11.6 Å². The summed E-state index contributed by atoms with van der Waals surface area (Å²) in [5.74, 6) is 0.766. The Balaban J connectivity index is 1.70. The van der Waals surface area contributed by atoms with E-state index in [0.717, 1.165) is 23.9 Å². The molecule has 5 rings (SSSR count). The average molecular weight is 410 g/mol. The molecule has 1 unspecified atom stereocenters. The molecule has 29 heavy (non-hydrogen) atoms. The van der Waals surface area contributed by atoms with Crippen molar-refractivity contribution < 1.29 is 13.2 Å². The van der Waals surface area contributed by atoms with Gasteiger partial charge in [-0.2, -0.15) is 0 Å². The van der Waals surface area contributed by atoms with Crippen molar-refractivity contribution in [3.05, 3.63) is 47.9 Å². The lowest BCUT2D eigenvalue weighted by Crippen LogP contribution is -2.26. The minimum Gasteiger partial charge on any atom is -0.348 e. The van der Waals surface area contributed by atoms with Gasteiger partial charge in [0.15, 0.2) is 15.5 Å². The summed E-state index contributed by atoms with van der Waals surface area (Å²) in [6, 6.07) is 11.6. The molecule has 1 aliphatic carbocycles. The monoisotopic (exact) mass is 410 g/mol. The zero-order valence-electron chi connectivity index (χ0n) is 16.1. The van der Waals surface area contributed by atoms with E-state index in [4.69, 9.17) is 0 Å². The number of aryl methyl sites for hydroxylation is 1. The van der Waals surface area contributed by atoms with Crippen molar-refractivity contribution in [2.75, 3.05) is 11.5 Å². The predicted octanol–water partition coefficient (Wildman–Crippen LogP) is 2.66. The number of pyridine rings is 1. The number of benzene rings is 1. The van der Waals surface area contributed by atoms with Crippen LogP contribution in [-0.2, 0) is 9.84 Å². The maximum atomic E-state index is 12.9. The number of fused-ring (bicyclic) bond motifs is 1. The number of carbonyl (C=O) groups is 1. The van der Waals surface area contributed by atoms with E-state index in [2.05, 4.69) is 15.3 Å². The first-order chi connectivity index (χ1) is 13.9. The van der Waals surface area contributed by atoms with Gasteiger partial charge in [-0.25, -0.2) is 18.4 Å². The fourth-order valence-corrected chi connectivity index (χ4v) is 5.75. The summed E-state index contributed by atoms with van der Waals surface area (Å²) < 4.78 is 26.1. The fourth-order valence-electron chi connectivity index (χ4n) is 4.05. The standard InChI is InChI=1S/C21H22N4O3S/c1-13-22-19-18(25(13)16-9-10-29(27,28)12-16)11-17(14-5-3-2-4-6-14)24-20(19)21(26)23-15-7-8-15/h2-6,11,15-16H,7-10,12H2,1H3,(H,23,26). The molecule has 0 spiro atoms. The average Bonchev–Trinajstić information content (AvgIpc) is 3.35. The van der Waals surface area contributed by atoms with Gasteiger partial charge in [0.25, 0.3) is 5.91 Å². The molecule has 150 valence electrons. The Morgan fingerprint density at radius 1 is 1.14 bits per heavy atom. The van der Waals surface area contributed by atoms with Crippen LogP contribution in [0.3, 0.4) is 0 Å². The molecule has 2 aliphatic rings. The summed E-state index contributed by atoms with van der Waals surface area (Å²) >= 11 is 0. The molecular weight excluding hydrogens is 388 g/mol. The van der Waals surface area contributed by atoms with Gasteiger partial charge in [0.2, 0.25) is 0 Å². The summed E-state index contributed by atoms with van der Waals surface area (Å²) in [7, 11) is -3.05. The lowest BCUT2D eigenvalue weighted by atomic mass is 10.1. The number of rotatable bonds is 4. The number of nitrogens with zero attached hydrogens (tertiary/aromatic N) is 3. The van der Waals surface area contributed by atoms with Crippen LogP contribution in [0.25, 0.3) is 22.3 Å². The number of nitrogens with one attached hydrogen (secondary N) is 1. The fraction of sp³-hybridized carbons (Fsp3) is 0.381. The van der Waals surface area contributed by atoms with Gasteiger partial charge >= 0.3 is 0 Å². The first kappa shape index (κ1) is 18.3. The van der Waals surface area contributed by atoms with Crippen molar-refractivity contribution in [3.63, 3.8) is 0 Å². The molecule has 7 nitrogen and oxygen atoms in total. The van der Waals surface area contributed by atoms with Crippen LogP contribution in [0, 0.1) is 6.92 Å². The summed E-state index contributed by atoms with van der Waals surface area (Å²) in [4.78, 5) is 22.2. The Hall–Kier alpha value is -2.74. The van der Waals surface area contributed by atoms with Gasteiger partial charge in [-0.05, 0) is 32.3 Å². The third-order valence-corrected chi connectivity index (χ3v) is 7.38. The number of carbonyl (C=O) groups excluding carboxylic acids is 1. The van der Waals surface area contributed by atoms with Crippen molar-refractivity contribution in [2.45, 2.75) is 38.3 Å². The Morgan fingerprint density at radius 3 is 2.55 bits per heavy atom. The number of sulfone groups is 1. The first-order valence-electron chi connectivity index (χ1n) is 9.87. The second-order valence-corrected chi connectivity index (χ2v) is 10.2. The van der Waals surface area contributed by atoms with Crippen LogP contribution in [0.15, 0.2) is 36.4 Å². The molecule has 2 fully saturated rings. The minimum atomic E-state index is -3.05. The van der Waals surface area contributed by atoms with Crippen molar-refractivity contribution in [1.29, 1.82) is 0 Å². The van der Waals surface area contributed by atoms with Crippen molar-refractivity contribution in [2.24, 2.45) is 0 Å². The van der Waals surface area contributed by atoms with E-state index in [9.17, 15) is 13.2 Å². The smallest absolute Gasteiger partial charge is 0.272 e. The van der Waals surface area contributed by atoms with E-state index in [1.165, 1.54) is 0 Å². The summed E-state index contributed by atoms with van der Waals surface area (Å²) in [6.07, 6.45) is 2.53. The largest absolute Gasteiger partial charge is 0.348 e. The number of hydrogen-bond acceptors (Lipinski definition) is 5. The van der Waals surface area contributed by atoms with Gasteiger partial charge < -0.3 is 9.88 Å². The van der Waals surface area contributed by atoms with Gasteiger partial charge in [0.1, 0.15) is 11.3 Å². The van der Waals surface area contributed by atoms with E-state index in [-0.39, 0.29) is 29.5 Å². The maximum Gasteiger partial charge on any atom is 0.272 e. The SMILES string of the molecule is Cc1nc2c(C(=O)NC3CC3)nc(-c3ccccc3)cc2n1C1CCS(=O)(=O)C1. The molecule has 1 atom stereocenters. The Bertz CT molecular complexity index is 1210. The second kappa shape index (κ2) is 6.66. The van der Waals surface area contributed by atoms with Crippen molar-refractivity contribution in [1.82, 2.24) is 19.9 Å². The van der Waals surface area contributed by atoms with Gasteiger partial charge in [-0.15, -0.1) is 0 Å². The molecule has 1 saturated heterocycles. The molecule has 1 saturated carbocycles. The third kappa shape index (κ3) is 3.42. The van der Waals surface area contributed by atoms with E-state index in [1.807, 2.05) is 47.9 Å². The lowest BCUT2D eigenvalue weighted by molar-refractivity contribution is 0.0948. The summed E-state index contributed by atoms with van der Waals surface area (Å²) in [5, 5.41) is 3.01. The van der Waals surface area contributed by atoms with Crippen LogP contribution in [0.4, 0.5) is 0 Å². The number of amides is 1. The van der Waals surface area contributed by atoms with Crippen LogP contribution < -0.4 is 5.32 Å². The zero-order chi connectivity index (χ0) is 20.2. The van der Waals surface area contributed by atoms with Crippen LogP contribution in [-0.4, -0.2) is 46.4 Å². The van der Waals surface area contributed by atoms with E-state index in [0.29, 0.717) is 29.1 Å². The third-order valence-electron chi connectivity index (χ3n) is 5.63. The molecule has 2 aromatic heterocycles. The Kier molecular flexibility index (Phi) is 4.20. The molecule has 1 aliphatic heterocycles. The number of aromatic nitrogens is 3. The number of hydrogen-bond donors (Lipinski definition) is 1. The first-order valence-corrected chi connectivity index (χ1v) is 11.7. The molecule has 0 bridgehead atoms. The maximum absolute atomic E-state index is 12.9. The van der Waals surface area contributed by atoms with E-state index < -0.39 is 9.84 Å². The highest BCUT2D eigenvalue weighted by molar-refractivity contribution is 7.91. The van der Waals surface area contributed by atoms with E-state index in [1.54, 1.807) is 0 Å². The van der Waals surface area contributed by atoms with Crippen LogP contribution in [0.2, 0.25) is 0 Å². The summed E-state index contributed by atoms with van der Waals surface area (Å²) in [5.41, 5.74) is 3.18. The molecule has 3 aromatic rings. The lowest BCUT2D eigenvalue weighted by Gasteiger charge is -2.14. The molecule has 0 radical (unpaired) electrons. The Labute approximate surface area is 169 Å². The molecule has 1 amide bonds. The molecular formula is C21H22N4O3S. The van der Waals surface area contributed by atoms with Crippen LogP contribution in [0.1, 0.15) is 41.6 Å². The number of imidazole rings is 1. The second-order valence-electron chi connectivity index (χ2n) is 7.92. The van der Waals surface area contributed by atoms with Crippen molar-refractivity contribution in [3.8, 4) is 11.3 Å².